The zero-order valence-electron chi connectivity index (χ0n) is 21.7. The SMILES string of the molecule is CCCOc1ccc(C2C(C#N)=C(N)Oc3cc(OC(=O)Cc4ccc(OC)cc4)ccc32)cc1OCC. The van der Waals surface area contributed by atoms with Crippen LogP contribution in [-0.2, 0) is 11.2 Å². The summed E-state index contributed by atoms with van der Waals surface area (Å²) in [6, 6.07) is 20.0. The Labute approximate surface area is 222 Å². The van der Waals surface area contributed by atoms with Crippen LogP contribution in [0.15, 0.2) is 72.1 Å². The summed E-state index contributed by atoms with van der Waals surface area (Å²) in [6.45, 7) is 4.96. The normalized spacial score (nSPS) is 14.1. The zero-order chi connectivity index (χ0) is 27.1. The molecule has 196 valence electrons. The minimum absolute atomic E-state index is 0.00372. The van der Waals surface area contributed by atoms with Crippen LogP contribution in [0.5, 0.6) is 28.7 Å². The molecule has 0 spiro atoms. The molecule has 8 heteroatoms. The van der Waals surface area contributed by atoms with E-state index >= 15 is 0 Å². The Morgan fingerprint density at radius 3 is 2.45 bits per heavy atom. The van der Waals surface area contributed by atoms with E-state index < -0.39 is 11.9 Å². The van der Waals surface area contributed by atoms with Crippen LogP contribution in [0, 0.1) is 11.3 Å². The number of esters is 1. The first-order chi connectivity index (χ1) is 18.5. The van der Waals surface area contributed by atoms with Crippen molar-refractivity contribution in [3.8, 4) is 34.8 Å². The van der Waals surface area contributed by atoms with Crippen molar-refractivity contribution in [2.45, 2.75) is 32.6 Å². The highest BCUT2D eigenvalue weighted by Gasteiger charge is 2.32. The minimum atomic E-state index is -0.493. The molecule has 0 fully saturated rings. The average molecular weight is 515 g/mol. The van der Waals surface area contributed by atoms with Crippen LogP contribution in [-0.4, -0.2) is 26.3 Å². The van der Waals surface area contributed by atoms with Crippen molar-refractivity contribution < 1.29 is 28.5 Å². The highest BCUT2D eigenvalue weighted by Crippen LogP contribution is 2.45. The Balaban J connectivity index is 1.61. The first-order valence-electron chi connectivity index (χ1n) is 12.4. The van der Waals surface area contributed by atoms with Gasteiger partial charge in [0, 0.05) is 11.6 Å². The van der Waals surface area contributed by atoms with E-state index in [0.29, 0.717) is 42.0 Å². The summed E-state index contributed by atoms with van der Waals surface area (Å²) in [5.74, 6) is 1.74. The first kappa shape index (κ1) is 26.4. The van der Waals surface area contributed by atoms with Gasteiger partial charge in [-0.15, -0.1) is 0 Å². The van der Waals surface area contributed by atoms with Gasteiger partial charge in [0.1, 0.15) is 28.9 Å². The third kappa shape index (κ3) is 5.84. The number of nitrogens with zero attached hydrogens (tertiary/aromatic N) is 1. The van der Waals surface area contributed by atoms with E-state index in [9.17, 15) is 10.1 Å². The van der Waals surface area contributed by atoms with Crippen molar-refractivity contribution in [2.75, 3.05) is 20.3 Å². The number of methoxy groups -OCH3 is 1. The third-order valence-electron chi connectivity index (χ3n) is 5.99. The molecule has 38 heavy (non-hydrogen) atoms. The molecular weight excluding hydrogens is 484 g/mol. The molecule has 1 aliphatic heterocycles. The van der Waals surface area contributed by atoms with Crippen LogP contribution in [0.2, 0.25) is 0 Å². The van der Waals surface area contributed by atoms with E-state index in [1.54, 1.807) is 37.4 Å². The number of nitrogens with two attached hydrogens (primary N) is 1. The van der Waals surface area contributed by atoms with Gasteiger partial charge >= 0.3 is 5.97 Å². The third-order valence-corrected chi connectivity index (χ3v) is 5.99. The predicted octanol–water partition coefficient (Wildman–Crippen LogP) is 5.25. The highest BCUT2D eigenvalue weighted by molar-refractivity contribution is 5.75. The number of carbonyl (C=O) groups is 1. The molecule has 1 aliphatic rings. The Kier molecular flexibility index (Phi) is 8.39. The lowest BCUT2D eigenvalue weighted by Crippen LogP contribution is -2.21. The lowest BCUT2D eigenvalue weighted by molar-refractivity contribution is -0.133. The molecule has 3 aromatic carbocycles. The molecule has 1 unspecified atom stereocenters. The highest BCUT2D eigenvalue weighted by atomic mass is 16.5. The number of carbonyl (C=O) groups excluding carboxylic acids is 1. The van der Waals surface area contributed by atoms with Crippen LogP contribution in [0.3, 0.4) is 0 Å². The second-order valence-corrected chi connectivity index (χ2v) is 8.61. The Morgan fingerprint density at radius 1 is 1.00 bits per heavy atom. The molecule has 3 aromatic rings. The van der Waals surface area contributed by atoms with Gasteiger partial charge in [-0.1, -0.05) is 31.2 Å². The van der Waals surface area contributed by atoms with Crippen molar-refractivity contribution in [3.63, 3.8) is 0 Å². The van der Waals surface area contributed by atoms with Gasteiger partial charge in [0.15, 0.2) is 11.5 Å². The molecule has 1 atom stereocenters. The van der Waals surface area contributed by atoms with E-state index in [2.05, 4.69) is 6.07 Å². The molecule has 0 aliphatic carbocycles. The van der Waals surface area contributed by atoms with Gasteiger partial charge in [0.2, 0.25) is 5.88 Å². The Hall–Kier alpha value is -4.64. The predicted molar refractivity (Wildman–Crippen MR) is 141 cm³/mol. The van der Waals surface area contributed by atoms with Crippen molar-refractivity contribution in [1.82, 2.24) is 0 Å². The molecule has 8 nitrogen and oxygen atoms in total. The van der Waals surface area contributed by atoms with Crippen LogP contribution >= 0.6 is 0 Å². The average Bonchev–Trinajstić information content (AvgIpc) is 2.92. The summed E-state index contributed by atoms with van der Waals surface area (Å²) in [7, 11) is 1.59. The van der Waals surface area contributed by atoms with Crippen LogP contribution in [0.25, 0.3) is 0 Å². The molecule has 2 N–H and O–H groups in total. The van der Waals surface area contributed by atoms with Crippen LogP contribution in [0.1, 0.15) is 42.9 Å². The van der Waals surface area contributed by atoms with Crippen molar-refractivity contribution in [1.29, 1.82) is 5.26 Å². The first-order valence-corrected chi connectivity index (χ1v) is 12.4. The van der Waals surface area contributed by atoms with E-state index in [1.165, 1.54) is 0 Å². The monoisotopic (exact) mass is 514 g/mol. The van der Waals surface area contributed by atoms with Gasteiger partial charge in [-0.2, -0.15) is 5.26 Å². The van der Waals surface area contributed by atoms with Gasteiger partial charge in [0.05, 0.1) is 32.7 Å². The molecule has 0 aromatic heterocycles. The lowest BCUT2D eigenvalue weighted by Gasteiger charge is -2.27. The molecule has 0 saturated carbocycles. The summed E-state index contributed by atoms with van der Waals surface area (Å²) < 4.78 is 28.1. The molecule has 0 saturated heterocycles. The maximum absolute atomic E-state index is 12.6. The Bertz CT molecular complexity index is 1370. The maximum atomic E-state index is 12.6. The van der Waals surface area contributed by atoms with Gasteiger partial charge in [-0.25, -0.2) is 0 Å². The van der Waals surface area contributed by atoms with E-state index in [-0.39, 0.29) is 17.9 Å². The number of benzene rings is 3. The van der Waals surface area contributed by atoms with Crippen molar-refractivity contribution in [2.24, 2.45) is 5.73 Å². The zero-order valence-corrected chi connectivity index (χ0v) is 21.7. The number of hydrogen-bond acceptors (Lipinski definition) is 8. The van der Waals surface area contributed by atoms with Crippen LogP contribution in [0.4, 0.5) is 0 Å². The fraction of sp³-hybridized carbons (Fsp3) is 0.267. The molecule has 4 rings (SSSR count). The minimum Gasteiger partial charge on any atom is -0.497 e. The van der Waals surface area contributed by atoms with Crippen molar-refractivity contribution in [3.05, 3.63) is 88.8 Å². The van der Waals surface area contributed by atoms with Crippen molar-refractivity contribution >= 4 is 5.97 Å². The smallest absolute Gasteiger partial charge is 0.315 e. The fourth-order valence-electron chi connectivity index (χ4n) is 4.22. The summed E-state index contributed by atoms with van der Waals surface area (Å²) >= 11 is 0. The largest absolute Gasteiger partial charge is 0.497 e. The summed E-state index contributed by atoms with van der Waals surface area (Å²) in [4.78, 5) is 12.6. The number of allylic oxidation sites excluding steroid dienone is 1. The quantitative estimate of drug-likeness (QED) is 0.288. The summed E-state index contributed by atoms with van der Waals surface area (Å²) in [5.41, 5.74) is 8.76. The molecule has 0 radical (unpaired) electrons. The number of fused-ring (bicyclic) bond motifs is 1. The summed E-state index contributed by atoms with van der Waals surface area (Å²) in [6.07, 6.45) is 0.962. The standard InChI is InChI=1S/C30H30N2O6/c1-4-14-36-25-13-8-20(16-27(25)35-5-2)29-23-12-11-22(17-26(23)38-30(32)24(29)18-31)37-28(33)15-19-6-9-21(34-3)10-7-19/h6-13,16-17,29H,4-5,14-15,32H2,1-3H3. The number of ether oxygens (including phenoxy) is 5. The molecular formula is C30H30N2O6. The maximum Gasteiger partial charge on any atom is 0.315 e. The topological polar surface area (TPSA) is 113 Å². The van der Waals surface area contributed by atoms with Gasteiger partial charge in [-0.05, 0) is 54.8 Å². The molecule has 0 bridgehead atoms. The van der Waals surface area contributed by atoms with E-state index in [0.717, 1.165) is 23.1 Å². The second kappa shape index (κ2) is 12.1. The van der Waals surface area contributed by atoms with E-state index in [4.69, 9.17) is 29.4 Å². The summed E-state index contributed by atoms with van der Waals surface area (Å²) in [5, 5.41) is 9.91. The van der Waals surface area contributed by atoms with Gasteiger partial charge in [0.25, 0.3) is 0 Å². The lowest BCUT2D eigenvalue weighted by atomic mass is 9.83. The van der Waals surface area contributed by atoms with Gasteiger partial charge < -0.3 is 29.4 Å². The fourth-order valence-corrected chi connectivity index (χ4v) is 4.22. The van der Waals surface area contributed by atoms with Crippen LogP contribution < -0.4 is 29.4 Å². The number of rotatable bonds is 10. The second-order valence-electron chi connectivity index (χ2n) is 8.61. The van der Waals surface area contributed by atoms with Gasteiger partial charge in [-0.3, -0.25) is 4.79 Å². The van der Waals surface area contributed by atoms with E-state index in [1.807, 2.05) is 44.2 Å². The number of hydrogen-bond donors (Lipinski definition) is 1. The number of nitriles is 1. The molecule has 0 amide bonds. The molecule has 1 heterocycles. The Morgan fingerprint density at radius 2 is 1.76 bits per heavy atom.